The van der Waals surface area contributed by atoms with Crippen molar-refractivity contribution in [1.82, 2.24) is 0 Å². The van der Waals surface area contributed by atoms with E-state index in [-0.39, 0.29) is 18.7 Å². The zero-order valence-electron chi connectivity index (χ0n) is 8.91. The molecule has 17 heavy (non-hydrogen) atoms. The van der Waals surface area contributed by atoms with Gasteiger partial charge in [-0.25, -0.2) is 0 Å². The molecule has 0 atom stereocenters. The van der Waals surface area contributed by atoms with E-state index in [2.05, 4.69) is 31.9 Å². The van der Waals surface area contributed by atoms with Crippen LogP contribution in [-0.4, -0.2) is 17.5 Å². The van der Waals surface area contributed by atoms with E-state index in [0.717, 1.165) is 0 Å². The molecule has 0 spiro atoms. The van der Waals surface area contributed by atoms with Gasteiger partial charge < -0.3 is 4.74 Å². The van der Waals surface area contributed by atoms with Crippen LogP contribution in [0.25, 0.3) is 0 Å². The minimum atomic E-state index is -0.508. The molecule has 0 bridgehead atoms. The number of non-ortho nitro benzene ring substituents is 1. The maximum Gasteiger partial charge on any atom is 0.310 e. The molecule has 1 aromatic carbocycles. The van der Waals surface area contributed by atoms with Crippen LogP contribution in [0, 0.1) is 10.1 Å². The summed E-state index contributed by atoms with van der Waals surface area (Å²) in [5, 5.41) is 10.7. The Labute approximate surface area is 115 Å². The van der Waals surface area contributed by atoms with Crippen molar-refractivity contribution in [3.05, 3.63) is 36.8 Å². The number of esters is 1. The Hall–Kier alpha value is -0.950. The summed E-state index contributed by atoms with van der Waals surface area (Å²) < 4.78 is 5.95. The van der Waals surface area contributed by atoms with E-state index in [1.165, 1.54) is 12.1 Å². The number of rotatable bonds is 4. The Bertz CT molecular complexity index is 462. The average molecular weight is 367 g/mol. The molecule has 0 aliphatic rings. The second-order valence-electron chi connectivity index (χ2n) is 3.14. The number of hydrogen-bond acceptors (Lipinski definition) is 4. The lowest BCUT2D eigenvalue weighted by molar-refractivity contribution is -0.385. The summed E-state index contributed by atoms with van der Waals surface area (Å²) in [7, 11) is 0. The Balaban J connectivity index is 3.05. The number of carbonyl (C=O) groups is 1. The summed E-state index contributed by atoms with van der Waals surface area (Å²) in [6.45, 7) is 1.99. The molecule has 0 saturated carbocycles. The van der Waals surface area contributed by atoms with Gasteiger partial charge in [-0.05, 0) is 44.3 Å². The Morgan fingerprint density at radius 3 is 2.65 bits per heavy atom. The van der Waals surface area contributed by atoms with Crippen LogP contribution in [0.2, 0.25) is 0 Å². The number of nitrogens with zero attached hydrogens (tertiary/aromatic N) is 1. The third-order valence-corrected chi connectivity index (χ3v) is 4.03. The minimum Gasteiger partial charge on any atom is -0.466 e. The third-order valence-electron chi connectivity index (χ3n) is 1.94. The second-order valence-corrected chi connectivity index (χ2v) is 4.79. The van der Waals surface area contributed by atoms with Gasteiger partial charge in [-0.3, -0.25) is 14.9 Å². The predicted octanol–water partition coefficient (Wildman–Crippen LogP) is 3.23. The molecule has 5 nitrogen and oxygen atoms in total. The van der Waals surface area contributed by atoms with Crippen molar-refractivity contribution in [2.45, 2.75) is 13.3 Å². The summed E-state index contributed by atoms with van der Waals surface area (Å²) >= 11 is 6.46. The van der Waals surface area contributed by atoms with Gasteiger partial charge in [0.15, 0.2) is 0 Å². The lowest BCUT2D eigenvalue weighted by Crippen LogP contribution is -2.08. The molecule has 92 valence electrons. The van der Waals surface area contributed by atoms with Crippen molar-refractivity contribution >= 4 is 43.5 Å². The molecule has 0 aliphatic heterocycles. The smallest absolute Gasteiger partial charge is 0.310 e. The SMILES string of the molecule is CCOC(=O)Cc1cc([N+](=O)[O-])cc(Br)c1Br. The van der Waals surface area contributed by atoms with E-state index in [1.807, 2.05) is 0 Å². The van der Waals surface area contributed by atoms with Gasteiger partial charge in [0.1, 0.15) is 0 Å². The van der Waals surface area contributed by atoms with Gasteiger partial charge in [0, 0.05) is 21.1 Å². The van der Waals surface area contributed by atoms with Crippen molar-refractivity contribution in [3.8, 4) is 0 Å². The summed E-state index contributed by atoms with van der Waals surface area (Å²) in [6.07, 6.45) is -0.00525. The summed E-state index contributed by atoms with van der Waals surface area (Å²) in [5.74, 6) is -0.416. The van der Waals surface area contributed by atoms with Crippen molar-refractivity contribution in [3.63, 3.8) is 0 Å². The van der Waals surface area contributed by atoms with Crippen LogP contribution in [0.4, 0.5) is 5.69 Å². The molecule has 0 N–H and O–H groups in total. The molecule has 0 aromatic heterocycles. The zero-order valence-corrected chi connectivity index (χ0v) is 12.1. The van der Waals surface area contributed by atoms with Gasteiger partial charge in [-0.15, -0.1) is 0 Å². The molecule has 0 radical (unpaired) electrons. The fourth-order valence-electron chi connectivity index (χ4n) is 1.23. The molecule has 0 amide bonds. The van der Waals surface area contributed by atoms with E-state index in [1.54, 1.807) is 6.92 Å². The van der Waals surface area contributed by atoms with Crippen LogP contribution in [0.1, 0.15) is 12.5 Å². The monoisotopic (exact) mass is 365 g/mol. The van der Waals surface area contributed by atoms with Gasteiger partial charge in [-0.1, -0.05) is 0 Å². The van der Waals surface area contributed by atoms with Crippen LogP contribution < -0.4 is 0 Å². The zero-order chi connectivity index (χ0) is 13.0. The van der Waals surface area contributed by atoms with Crippen LogP contribution in [-0.2, 0) is 16.0 Å². The molecule has 1 rings (SSSR count). The Morgan fingerprint density at radius 2 is 2.12 bits per heavy atom. The summed E-state index contributed by atoms with van der Waals surface area (Å²) in [5.41, 5.74) is 0.448. The maximum atomic E-state index is 11.3. The molecule has 1 aromatic rings. The molecular weight excluding hydrogens is 358 g/mol. The first-order chi connectivity index (χ1) is 7.95. The number of nitro groups is 1. The maximum absolute atomic E-state index is 11.3. The molecule has 7 heteroatoms. The number of nitro benzene ring substituents is 1. The highest BCUT2D eigenvalue weighted by molar-refractivity contribution is 9.13. The highest BCUT2D eigenvalue weighted by Crippen LogP contribution is 2.31. The van der Waals surface area contributed by atoms with Gasteiger partial charge in [0.25, 0.3) is 5.69 Å². The lowest BCUT2D eigenvalue weighted by atomic mass is 10.1. The van der Waals surface area contributed by atoms with Crippen LogP contribution >= 0.6 is 31.9 Å². The highest BCUT2D eigenvalue weighted by Gasteiger charge is 2.16. The Kier molecular flexibility index (Phi) is 5.07. The summed E-state index contributed by atoms with van der Waals surface area (Å²) in [4.78, 5) is 21.5. The van der Waals surface area contributed by atoms with Crippen molar-refractivity contribution < 1.29 is 14.5 Å². The molecule has 0 heterocycles. The first kappa shape index (κ1) is 14.1. The number of benzene rings is 1. The van der Waals surface area contributed by atoms with E-state index in [9.17, 15) is 14.9 Å². The number of ether oxygens (including phenoxy) is 1. The van der Waals surface area contributed by atoms with Gasteiger partial charge in [0.05, 0.1) is 18.0 Å². The normalized spacial score (nSPS) is 10.1. The largest absolute Gasteiger partial charge is 0.466 e. The van der Waals surface area contributed by atoms with Gasteiger partial charge >= 0.3 is 5.97 Å². The molecular formula is C10H9Br2NO4. The number of carbonyl (C=O) groups excluding carboxylic acids is 1. The van der Waals surface area contributed by atoms with E-state index in [4.69, 9.17) is 4.74 Å². The van der Waals surface area contributed by atoms with Crippen molar-refractivity contribution in [2.24, 2.45) is 0 Å². The van der Waals surface area contributed by atoms with Crippen molar-refractivity contribution in [2.75, 3.05) is 6.61 Å². The quantitative estimate of drug-likeness (QED) is 0.466. The van der Waals surface area contributed by atoms with E-state index >= 15 is 0 Å². The third kappa shape index (κ3) is 3.78. The molecule has 0 fully saturated rings. The first-order valence-electron chi connectivity index (χ1n) is 4.73. The topological polar surface area (TPSA) is 69.4 Å². The average Bonchev–Trinajstić information content (AvgIpc) is 2.24. The van der Waals surface area contributed by atoms with Crippen molar-refractivity contribution in [1.29, 1.82) is 0 Å². The Morgan fingerprint density at radius 1 is 1.47 bits per heavy atom. The van der Waals surface area contributed by atoms with Crippen LogP contribution in [0.5, 0.6) is 0 Å². The number of hydrogen-bond donors (Lipinski definition) is 0. The summed E-state index contributed by atoms with van der Waals surface area (Å²) in [6, 6.07) is 2.73. The first-order valence-corrected chi connectivity index (χ1v) is 6.32. The minimum absolute atomic E-state index is 0.00525. The predicted molar refractivity (Wildman–Crippen MR) is 68.8 cm³/mol. The second kappa shape index (κ2) is 6.11. The lowest BCUT2D eigenvalue weighted by Gasteiger charge is -2.06. The van der Waals surface area contributed by atoms with E-state index in [0.29, 0.717) is 14.5 Å². The van der Waals surface area contributed by atoms with Gasteiger partial charge in [0.2, 0.25) is 0 Å². The standard InChI is InChI=1S/C10H9Br2NO4/c1-2-17-9(14)4-6-3-7(13(15)16)5-8(11)10(6)12/h3,5H,2,4H2,1H3. The van der Waals surface area contributed by atoms with E-state index < -0.39 is 10.9 Å². The van der Waals surface area contributed by atoms with Crippen LogP contribution in [0.15, 0.2) is 21.1 Å². The molecule has 0 saturated heterocycles. The molecule has 0 unspecified atom stereocenters. The van der Waals surface area contributed by atoms with Gasteiger partial charge in [-0.2, -0.15) is 0 Å². The molecule has 0 aliphatic carbocycles. The highest BCUT2D eigenvalue weighted by atomic mass is 79.9. The van der Waals surface area contributed by atoms with Crippen LogP contribution in [0.3, 0.4) is 0 Å². The number of halogens is 2. The fourth-order valence-corrected chi connectivity index (χ4v) is 2.09. The fraction of sp³-hybridized carbons (Fsp3) is 0.300.